The number of aryl methyl sites for hydroxylation is 3. The van der Waals surface area contributed by atoms with Crippen LogP contribution in [0.5, 0.6) is 0 Å². The normalized spacial score (nSPS) is 10.5. The molecule has 0 unspecified atom stereocenters. The van der Waals surface area contributed by atoms with E-state index >= 15 is 0 Å². The lowest BCUT2D eigenvalue weighted by molar-refractivity contribution is 0.0661. The van der Waals surface area contributed by atoms with E-state index < -0.39 is 5.97 Å². The maximum Gasteiger partial charge on any atom is 0.371 e. The van der Waals surface area contributed by atoms with Gasteiger partial charge in [-0.1, -0.05) is 6.07 Å². The molecule has 1 aromatic carbocycles. The van der Waals surface area contributed by atoms with Crippen LogP contribution in [0.4, 0.5) is 5.69 Å². The molecular weight excluding hydrogens is 242 g/mol. The highest BCUT2D eigenvalue weighted by Crippen LogP contribution is 2.18. The summed E-state index contributed by atoms with van der Waals surface area (Å²) in [4.78, 5) is 10.8. The monoisotopic (exact) mass is 259 g/mol. The molecule has 0 fully saturated rings. The summed E-state index contributed by atoms with van der Waals surface area (Å²) in [6.45, 7) is 6.41. The van der Waals surface area contributed by atoms with Crippen molar-refractivity contribution in [2.24, 2.45) is 0 Å². The predicted molar refractivity (Wildman–Crippen MR) is 73.6 cm³/mol. The second kappa shape index (κ2) is 5.18. The zero-order valence-corrected chi connectivity index (χ0v) is 11.3. The SMILES string of the molecule is Cc1cc(C)cc(NCc2cc(C(=O)O)oc2C)c1. The Balaban J connectivity index is 2.12. The van der Waals surface area contributed by atoms with E-state index in [-0.39, 0.29) is 5.76 Å². The van der Waals surface area contributed by atoms with Crippen molar-refractivity contribution in [2.45, 2.75) is 27.3 Å². The van der Waals surface area contributed by atoms with Gasteiger partial charge in [0.15, 0.2) is 0 Å². The van der Waals surface area contributed by atoms with Crippen LogP contribution >= 0.6 is 0 Å². The first-order valence-electron chi connectivity index (χ1n) is 6.10. The molecule has 1 aromatic heterocycles. The third-order valence-corrected chi connectivity index (χ3v) is 2.94. The molecule has 0 aliphatic rings. The third kappa shape index (κ3) is 3.16. The van der Waals surface area contributed by atoms with E-state index in [9.17, 15) is 4.79 Å². The van der Waals surface area contributed by atoms with E-state index in [0.717, 1.165) is 11.3 Å². The van der Waals surface area contributed by atoms with Crippen LogP contribution in [0.1, 0.15) is 33.0 Å². The smallest absolute Gasteiger partial charge is 0.371 e. The molecule has 0 radical (unpaired) electrons. The zero-order valence-electron chi connectivity index (χ0n) is 11.3. The maximum atomic E-state index is 10.8. The van der Waals surface area contributed by atoms with Crippen molar-refractivity contribution in [1.82, 2.24) is 0 Å². The Hall–Kier alpha value is -2.23. The van der Waals surface area contributed by atoms with E-state index in [1.165, 1.54) is 11.1 Å². The van der Waals surface area contributed by atoms with Gasteiger partial charge in [-0.2, -0.15) is 0 Å². The van der Waals surface area contributed by atoms with Gasteiger partial charge in [0.1, 0.15) is 5.76 Å². The predicted octanol–water partition coefficient (Wildman–Crippen LogP) is 3.52. The number of carboxylic acid groups (broad SMARTS) is 1. The molecule has 100 valence electrons. The van der Waals surface area contributed by atoms with Crippen LogP contribution < -0.4 is 5.32 Å². The molecule has 2 N–H and O–H groups in total. The van der Waals surface area contributed by atoms with Crippen LogP contribution in [0.25, 0.3) is 0 Å². The molecule has 0 amide bonds. The maximum absolute atomic E-state index is 10.8. The van der Waals surface area contributed by atoms with Crippen molar-refractivity contribution in [3.8, 4) is 0 Å². The Labute approximate surface area is 112 Å². The van der Waals surface area contributed by atoms with Crippen molar-refractivity contribution in [2.75, 3.05) is 5.32 Å². The lowest BCUT2D eigenvalue weighted by atomic mass is 10.1. The number of aromatic carboxylic acids is 1. The summed E-state index contributed by atoms with van der Waals surface area (Å²) in [5, 5.41) is 12.1. The van der Waals surface area contributed by atoms with Crippen molar-refractivity contribution in [1.29, 1.82) is 0 Å². The summed E-state index contributed by atoms with van der Waals surface area (Å²) in [6.07, 6.45) is 0. The second-order valence-electron chi connectivity index (χ2n) is 4.73. The fourth-order valence-electron chi connectivity index (χ4n) is 2.07. The molecule has 19 heavy (non-hydrogen) atoms. The molecule has 4 heteroatoms. The van der Waals surface area contributed by atoms with Gasteiger partial charge in [-0.15, -0.1) is 0 Å². The van der Waals surface area contributed by atoms with Crippen LogP contribution in [0.3, 0.4) is 0 Å². The van der Waals surface area contributed by atoms with Crippen LogP contribution in [-0.4, -0.2) is 11.1 Å². The number of rotatable bonds is 4. The largest absolute Gasteiger partial charge is 0.475 e. The molecule has 0 aliphatic carbocycles. The molecule has 0 atom stereocenters. The molecule has 0 bridgehead atoms. The standard InChI is InChI=1S/C15H17NO3/c1-9-4-10(2)6-13(5-9)16-8-12-7-14(15(17)18)19-11(12)3/h4-7,16H,8H2,1-3H3,(H,17,18). The van der Waals surface area contributed by atoms with Gasteiger partial charge in [-0.3, -0.25) is 0 Å². The van der Waals surface area contributed by atoms with Gasteiger partial charge in [-0.25, -0.2) is 4.79 Å². The highest BCUT2D eigenvalue weighted by Gasteiger charge is 2.12. The zero-order chi connectivity index (χ0) is 14.0. The summed E-state index contributed by atoms with van der Waals surface area (Å²) in [5.74, 6) is -0.426. The lowest BCUT2D eigenvalue weighted by Gasteiger charge is -2.07. The first-order valence-corrected chi connectivity index (χ1v) is 6.10. The highest BCUT2D eigenvalue weighted by molar-refractivity contribution is 5.84. The molecule has 2 rings (SSSR count). The molecule has 1 heterocycles. The number of anilines is 1. The van der Waals surface area contributed by atoms with E-state index in [1.54, 1.807) is 13.0 Å². The fraction of sp³-hybridized carbons (Fsp3) is 0.267. The summed E-state index contributed by atoms with van der Waals surface area (Å²) < 4.78 is 5.17. The van der Waals surface area contributed by atoms with Gasteiger partial charge < -0.3 is 14.8 Å². The minimum atomic E-state index is -1.04. The highest BCUT2D eigenvalue weighted by atomic mass is 16.4. The van der Waals surface area contributed by atoms with Gasteiger partial charge in [-0.05, 0) is 50.1 Å². The Morgan fingerprint density at radius 2 is 1.79 bits per heavy atom. The van der Waals surface area contributed by atoms with E-state index in [0.29, 0.717) is 12.3 Å². The summed E-state index contributed by atoms with van der Waals surface area (Å²) >= 11 is 0. The van der Waals surface area contributed by atoms with Crippen LogP contribution in [0, 0.1) is 20.8 Å². The van der Waals surface area contributed by atoms with E-state index in [2.05, 4.69) is 23.5 Å². The number of furan rings is 1. The molecule has 0 spiro atoms. The van der Waals surface area contributed by atoms with Gasteiger partial charge in [0.05, 0.1) is 0 Å². The third-order valence-electron chi connectivity index (χ3n) is 2.94. The minimum absolute atomic E-state index is 0.0188. The molecular formula is C15H17NO3. The average molecular weight is 259 g/mol. The topological polar surface area (TPSA) is 62.5 Å². The average Bonchev–Trinajstić information content (AvgIpc) is 2.67. The van der Waals surface area contributed by atoms with Crippen molar-refractivity contribution >= 4 is 11.7 Å². The Morgan fingerprint density at radius 1 is 1.16 bits per heavy atom. The molecule has 2 aromatic rings. The van der Waals surface area contributed by atoms with Crippen molar-refractivity contribution in [3.63, 3.8) is 0 Å². The van der Waals surface area contributed by atoms with E-state index in [4.69, 9.17) is 9.52 Å². The Bertz CT molecular complexity index is 594. The Kier molecular flexibility index (Phi) is 3.60. The molecule has 0 aliphatic heterocycles. The van der Waals surface area contributed by atoms with Crippen LogP contribution in [0.15, 0.2) is 28.7 Å². The number of hydrogen-bond acceptors (Lipinski definition) is 3. The number of carboxylic acids is 1. The van der Waals surface area contributed by atoms with Crippen LogP contribution in [-0.2, 0) is 6.54 Å². The van der Waals surface area contributed by atoms with Crippen molar-refractivity contribution in [3.05, 3.63) is 52.5 Å². The summed E-state index contributed by atoms with van der Waals surface area (Å²) in [7, 11) is 0. The second-order valence-corrected chi connectivity index (χ2v) is 4.73. The van der Waals surface area contributed by atoms with Crippen LogP contribution in [0.2, 0.25) is 0 Å². The quantitative estimate of drug-likeness (QED) is 0.881. The Morgan fingerprint density at radius 3 is 2.32 bits per heavy atom. The molecule has 4 nitrogen and oxygen atoms in total. The molecule has 0 saturated heterocycles. The molecule has 0 saturated carbocycles. The summed E-state index contributed by atoms with van der Waals surface area (Å²) in [6, 6.07) is 7.78. The van der Waals surface area contributed by atoms with Gasteiger partial charge >= 0.3 is 5.97 Å². The number of carbonyl (C=O) groups is 1. The first-order chi connectivity index (χ1) is 8.95. The number of benzene rings is 1. The van der Waals surface area contributed by atoms with Gasteiger partial charge in [0.25, 0.3) is 0 Å². The first kappa shape index (κ1) is 13.2. The van der Waals surface area contributed by atoms with Gasteiger partial charge in [0.2, 0.25) is 5.76 Å². The fourth-order valence-corrected chi connectivity index (χ4v) is 2.07. The minimum Gasteiger partial charge on any atom is -0.475 e. The summed E-state index contributed by atoms with van der Waals surface area (Å²) in [5.41, 5.74) is 4.27. The van der Waals surface area contributed by atoms with E-state index in [1.807, 2.05) is 13.8 Å². The van der Waals surface area contributed by atoms with Gasteiger partial charge in [0, 0.05) is 17.8 Å². The number of nitrogens with one attached hydrogen (secondary N) is 1. The lowest BCUT2D eigenvalue weighted by Crippen LogP contribution is -2.00. The number of hydrogen-bond donors (Lipinski definition) is 2. The van der Waals surface area contributed by atoms with Crippen molar-refractivity contribution < 1.29 is 14.3 Å².